The van der Waals surface area contributed by atoms with Gasteiger partial charge in [0.05, 0.1) is 25.0 Å². The van der Waals surface area contributed by atoms with Crippen molar-refractivity contribution in [3.05, 3.63) is 16.3 Å². The lowest BCUT2D eigenvalue weighted by Gasteiger charge is -2.14. The Hall–Kier alpha value is -1.56. The highest BCUT2D eigenvalue weighted by Gasteiger charge is 2.38. The highest BCUT2D eigenvalue weighted by atomic mass is 32.1. The van der Waals surface area contributed by atoms with Crippen molar-refractivity contribution in [2.45, 2.75) is 6.92 Å². The molecule has 2 heterocycles. The Morgan fingerprint density at radius 3 is 2.68 bits per heavy atom. The molecule has 0 radical (unpaired) electrons. The minimum atomic E-state index is -0.244. The summed E-state index contributed by atoms with van der Waals surface area (Å²) in [6.45, 7) is 2.97. The van der Waals surface area contributed by atoms with Gasteiger partial charge in [0.1, 0.15) is 5.75 Å². The fourth-order valence-corrected chi connectivity index (χ4v) is 3.11. The summed E-state index contributed by atoms with van der Waals surface area (Å²) < 4.78 is 9.84. The fraction of sp³-hybridized carbons (Fsp3) is 0.538. The molecule has 0 aromatic carbocycles. The normalized spacial score (nSPS) is 22.4. The van der Waals surface area contributed by atoms with Crippen LogP contribution in [0.25, 0.3) is 0 Å². The second-order valence-electron chi connectivity index (χ2n) is 4.67. The molecular formula is C13H17NO4S. The Kier molecular flexibility index (Phi) is 4.09. The number of carbonyl (C=O) groups excluding carboxylic acids is 2. The van der Waals surface area contributed by atoms with Crippen molar-refractivity contribution in [2.75, 3.05) is 27.3 Å². The third-order valence-electron chi connectivity index (χ3n) is 3.43. The fourth-order valence-electron chi connectivity index (χ4n) is 2.28. The van der Waals surface area contributed by atoms with Crippen LogP contribution in [-0.4, -0.2) is 44.1 Å². The molecule has 1 fully saturated rings. The molecule has 6 heteroatoms. The van der Waals surface area contributed by atoms with Crippen LogP contribution in [0.1, 0.15) is 16.6 Å². The van der Waals surface area contributed by atoms with E-state index in [0.717, 1.165) is 0 Å². The number of thiophene rings is 1. The molecule has 1 amide bonds. The van der Waals surface area contributed by atoms with Crippen molar-refractivity contribution in [1.82, 2.24) is 4.90 Å². The smallest absolute Gasteiger partial charge is 0.310 e. The van der Waals surface area contributed by atoms with Crippen molar-refractivity contribution < 1.29 is 19.1 Å². The molecule has 2 rings (SSSR count). The van der Waals surface area contributed by atoms with Gasteiger partial charge < -0.3 is 14.4 Å². The molecule has 0 aliphatic carbocycles. The van der Waals surface area contributed by atoms with E-state index in [0.29, 0.717) is 23.7 Å². The average Bonchev–Trinajstić information content (AvgIpc) is 3.03. The maximum atomic E-state index is 12.3. The van der Waals surface area contributed by atoms with Gasteiger partial charge in [-0.05, 0) is 5.92 Å². The summed E-state index contributed by atoms with van der Waals surface area (Å²) in [6, 6.07) is 1.73. The summed E-state index contributed by atoms with van der Waals surface area (Å²) >= 11 is 1.35. The lowest BCUT2D eigenvalue weighted by atomic mass is 9.99. The van der Waals surface area contributed by atoms with E-state index in [1.807, 2.05) is 6.92 Å². The Balaban J connectivity index is 2.07. The number of hydrogen-bond acceptors (Lipinski definition) is 5. The minimum absolute atomic E-state index is 0.0495. The topological polar surface area (TPSA) is 55.8 Å². The number of methoxy groups -OCH3 is 2. The highest BCUT2D eigenvalue weighted by Crippen LogP contribution is 2.28. The van der Waals surface area contributed by atoms with Crippen LogP contribution >= 0.6 is 11.3 Å². The Bertz CT molecular complexity index is 485. The predicted molar refractivity (Wildman–Crippen MR) is 71.4 cm³/mol. The van der Waals surface area contributed by atoms with Crippen LogP contribution in [0, 0.1) is 11.8 Å². The van der Waals surface area contributed by atoms with Crippen molar-refractivity contribution in [3.8, 4) is 5.75 Å². The number of likely N-dealkylation sites (tertiary alicyclic amines) is 1. The summed E-state index contributed by atoms with van der Waals surface area (Å²) in [4.78, 5) is 26.2. The molecule has 0 N–H and O–H groups in total. The third kappa shape index (κ3) is 2.73. The molecule has 0 saturated carbocycles. The number of ether oxygens (including phenoxy) is 2. The maximum Gasteiger partial charge on any atom is 0.310 e. The molecule has 5 nitrogen and oxygen atoms in total. The zero-order chi connectivity index (χ0) is 14.0. The van der Waals surface area contributed by atoms with Gasteiger partial charge in [-0.25, -0.2) is 0 Å². The monoisotopic (exact) mass is 283 g/mol. The number of amides is 1. The number of nitrogens with zero attached hydrogens (tertiary/aromatic N) is 1. The molecule has 0 bridgehead atoms. The van der Waals surface area contributed by atoms with Crippen LogP contribution in [0.2, 0.25) is 0 Å². The molecule has 2 atom stereocenters. The standard InChI is InChI=1S/C13H17NO4S/c1-8-5-14(6-10(8)13(16)18-3)12(15)11-4-9(17-2)7-19-11/h4,7-8,10H,5-6H2,1-3H3. The van der Waals surface area contributed by atoms with E-state index in [2.05, 4.69) is 0 Å². The summed E-state index contributed by atoms with van der Waals surface area (Å²) in [6.07, 6.45) is 0. The first kappa shape index (κ1) is 13.9. The zero-order valence-electron chi connectivity index (χ0n) is 11.2. The molecule has 1 aliphatic heterocycles. The number of esters is 1. The SMILES string of the molecule is COC(=O)C1CN(C(=O)c2cc(OC)cs2)CC1C. The van der Waals surface area contributed by atoms with E-state index in [1.165, 1.54) is 18.4 Å². The van der Waals surface area contributed by atoms with E-state index in [9.17, 15) is 9.59 Å². The molecule has 0 spiro atoms. The van der Waals surface area contributed by atoms with E-state index in [-0.39, 0.29) is 23.7 Å². The van der Waals surface area contributed by atoms with Crippen LogP contribution in [0.15, 0.2) is 11.4 Å². The summed E-state index contributed by atoms with van der Waals surface area (Å²) in [7, 11) is 2.95. The number of hydrogen-bond donors (Lipinski definition) is 0. The number of rotatable bonds is 3. The largest absolute Gasteiger partial charge is 0.496 e. The first-order valence-electron chi connectivity index (χ1n) is 6.06. The summed E-state index contributed by atoms with van der Waals surface area (Å²) in [5.41, 5.74) is 0. The van der Waals surface area contributed by atoms with Crippen LogP contribution in [0.5, 0.6) is 5.75 Å². The molecule has 1 aromatic heterocycles. The number of carbonyl (C=O) groups is 2. The first-order chi connectivity index (χ1) is 9.06. The van der Waals surface area contributed by atoms with Crippen LogP contribution in [0.4, 0.5) is 0 Å². The maximum absolute atomic E-state index is 12.3. The zero-order valence-corrected chi connectivity index (χ0v) is 12.0. The molecule has 1 aromatic rings. The van der Waals surface area contributed by atoms with Gasteiger partial charge in [0.2, 0.25) is 0 Å². The Morgan fingerprint density at radius 2 is 2.11 bits per heavy atom. The first-order valence-corrected chi connectivity index (χ1v) is 6.94. The van der Waals surface area contributed by atoms with E-state index >= 15 is 0 Å². The predicted octanol–water partition coefficient (Wildman–Crippen LogP) is 1.64. The Morgan fingerprint density at radius 1 is 1.37 bits per heavy atom. The van der Waals surface area contributed by atoms with E-state index in [1.54, 1.807) is 23.5 Å². The lowest BCUT2D eigenvalue weighted by Crippen LogP contribution is -2.29. The van der Waals surface area contributed by atoms with Crippen molar-refractivity contribution in [2.24, 2.45) is 11.8 Å². The van der Waals surface area contributed by atoms with Gasteiger partial charge >= 0.3 is 5.97 Å². The average molecular weight is 283 g/mol. The lowest BCUT2D eigenvalue weighted by molar-refractivity contribution is -0.146. The molecule has 1 aliphatic rings. The van der Waals surface area contributed by atoms with Gasteiger partial charge in [-0.2, -0.15) is 0 Å². The van der Waals surface area contributed by atoms with Gasteiger partial charge in [-0.15, -0.1) is 11.3 Å². The van der Waals surface area contributed by atoms with Crippen molar-refractivity contribution in [1.29, 1.82) is 0 Å². The second kappa shape index (κ2) is 5.61. The molecular weight excluding hydrogens is 266 g/mol. The van der Waals surface area contributed by atoms with Gasteiger partial charge in [0.15, 0.2) is 0 Å². The quantitative estimate of drug-likeness (QED) is 0.791. The van der Waals surface area contributed by atoms with Gasteiger partial charge in [-0.3, -0.25) is 9.59 Å². The second-order valence-corrected chi connectivity index (χ2v) is 5.58. The van der Waals surface area contributed by atoms with Gasteiger partial charge in [0.25, 0.3) is 5.91 Å². The third-order valence-corrected chi connectivity index (χ3v) is 4.32. The van der Waals surface area contributed by atoms with E-state index < -0.39 is 0 Å². The molecule has 104 valence electrons. The van der Waals surface area contributed by atoms with Gasteiger partial charge in [0, 0.05) is 24.5 Å². The van der Waals surface area contributed by atoms with Crippen LogP contribution in [-0.2, 0) is 9.53 Å². The summed E-state index contributed by atoms with van der Waals surface area (Å²) in [5.74, 6) is 0.289. The Labute approximate surface area is 116 Å². The summed E-state index contributed by atoms with van der Waals surface area (Å²) in [5, 5.41) is 1.80. The van der Waals surface area contributed by atoms with Crippen LogP contribution < -0.4 is 4.74 Å². The molecule has 2 unspecified atom stereocenters. The minimum Gasteiger partial charge on any atom is -0.496 e. The van der Waals surface area contributed by atoms with Crippen molar-refractivity contribution in [3.63, 3.8) is 0 Å². The van der Waals surface area contributed by atoms with E-state index in [4.69, 9.17) is 9.47 Å². The highest BCUT2D eigenvalue weighted by molar-refractivity contribution is 7.12. The molecule has 19 heavy (non-hydrogen) atoms. The van der Waals surface area contributed by atoms with Gasteiger partial charge in [-0.1, -0.05) is 6.92 Å². The van der Waals surface area contributed by atoms with Crippen molar-refractivity contribution >= 4 is 23.2 Å². The molecule has 1 saturated heterocycles. The van der Waals surface area contributed by atoms with Crippen LogP contribution in [0.3, 0.4) is 0 Å².